The van der Waals surface area contributed by atoms with Crippen molar-refractivity contribution in [2.75, 3.05) is 24.2 Å². The first-order valence-electron chi connectivity index (χ1n) is 12.6. The molecule has 3 aromatic heterocycles. The number of carbonyl (C=O) groups excluding carboxylic acids is 1. The second-order valence-corrected chi connectivity index (χ2v) is 11.1. The van der Waals surface area contributed by atoms with Crippen LogP contribution in [0.3, 0.4) is 0 Å². The summed E-state index contributed by atoms with van der Waals surface area (Å²) in [7, 11) is -1.15. The Bertz CT molecular complexity index is 1490. The molecule has 0 bridgehead atoms. The van der Waals surface area contributed by atoms with Crippen molar-refractivity contribution < 1.29 is 9.00 Å². The van der Waals surface area contributed by atoms with Crippen molar-refractivity contribution in [2.45, 2.75) is 38.1 Å². The van der Waals surface area contributed by atoms with Crippen LogP contribution in [0.1, 0.15) is 41.4 Å². The maximum atomic E-state index is 12.7. The van der Waals surface area contributed by atoms with Gasteiger partial charge in [-0.05, 0) is 73.7 Å². The second-order valence-electron chi connectivity index (χ2n) is 9.76. The molecule has 2 unspecified atom stereocenters. The molecule has 4 aromatic rings. The average molecular weight is 514 g/mol. The molecule has 8 heteroatoms. The maximum Gasteiger partial charge on any atom is 0.251 e. The fourth-order valence-electron chi connectivity index (χ4n) is 4.76. The average Bonchev–Trinajstić information content (AvgIpc) is 2.91. The Morgan fingerprint density at radius 3 is 2.76 bits per heavy atom. The third-order valence-corrected chi connectivity index (χ3v) is 7.86. The molecule has 190 valence electrons. The van der Waals surface area contributed by atoms with E-state index < -0.39 is 10.8 Å². The summed E-state index contributed by atoms with van der Waals surface area (Å²) in [6.45, 7) is 6.51. The number of fused-ring (bicyclic) bond motifs is 1. The zero-order chi connectivity index (χ0) is 25.9. The van der Waals surface area contributed by atoms with Crippen LogP contribution in [-0.4, -0.2) is 44.4 Å². The molecule has 2 atom stereocenters. The van der Waals surface area contributed by atoms with Gasteiger partial charge in [0.15, 0.2) is 0 Å². The normalized spacial score (nSPS) is 16.5. The monoisotopic (exact) mass is 513 g/mol. The molecule has 5 rings (SSSR count). The number of nitrogens with one attached hydrogen (secondary N) is 1. The fraction of sp³-hybridized carbons (Fsp3) is 0.310. The first kappa shape index (κ1) is 25.0. The lowest BCUT2D eigenvalue weighted by molar-refractivity contribution is 0.0950. The third-order valence-electron chi connectivity index (χ3n) is 6.80. The van der Waals surface area contributed by atoms with Gasteiger partial charge in [0.1, 0.15) is 5.82 Å². The Morgan fingerprint density at radius 1 is 1.11 bits per heavy atom. The highest BCUT2D eigenvalue weighted by atomic mass is 32.2. The van der Waals surface area contributed by atoms with Crippen molar-refractivity contribution in [3.63, 3.8) is 0 Å². The van der Waals surface area contributed by atoms with Crippen molar-refractivity contribution in [1.29, 1.82) is 0 Å². The molecule has 0 spiro atoms. The van der Waals surface area contributed by atoms with Crippen LogP contribution in [0.15, 0.2) is 65.7 Å². The van der Waals surface area contributed by atoms with Gasteiger partial charge in [-0.2, -0.15) is 0 Å². The Labute approximate surface area is 219 Å². The first-order chi connectivity index (χ1) is 17.9. The Morgan fingerprint density at radius 2 is 1.95 bits per heavy atom. The summed E-state index contributed by atoms with van der Waals surface area (Å²) in [5.41, 5.74) is 4.54. The predicted molar refractivity (Wildman–Crippen MR) is 148 cm³/mol. The molecule has 4 heterocycles. The second kappa shape index (κ2) is 10.8. The molecule has 37 heavy (non-hydrogen) atoms. The summed E-state index contributed by atoms with van der Waals surface area (Å²) in [6.07, 6.45) is 5.85. The molecule has 1 fully saturated rings. The van der Waals surface area contributed by atoms with Crippen molar-refractivity contribution in [3.05, 3.63) is 77.6 Å². The number of amides is 1. The number of aromatic nitrogens is 3. The molecule has 1 aromatic carbocycles. The summed E-state index contributed by atoms with van der Waals surface area (Å²) in [4.78, 5) is 30.0. The quantitative estimate of drug-likeness (QED) is 0.394. The van der Waals surface area contributed by atoms with E-state index in [4.69, 9.17) is 9.97 Å². The summed E-state index contributed by atoms with van der Waals surface area (Å²) in [5, 5.41) is 3.84. The van der Waals surface area contributed by atoms with Crippen LogP contribution < -0.4 is 10.2 Å². The number of benzene rings is 1. The van der Waals surface area contributed by atoms with Crippen LogP contribution in [0, 0.1) is 12.8 Å². The van der Waals surface area contributed by atoms with Crippen LogP contribution in [0.5, 0.6) is 0 Å². The van der Waals surface area contributed by atoms with E-state index in [1.165, 1.54) is 12.8 Å². The molecule has 7 nitrogen and oxygen atoms in total. The number of hydrogen-bond donors (Lipinski definition) is 1. The van der Waals surface area contributed by atoms with E-state index in [2.05, 4.69) is 28.2 Å². The summed E-state index contributed by atoms with van der Waals surface area (Å²) in [5.74, 6) is 1.44. The highest BCUT2D eigenvalue weighted by Gasteiger charge is 2.18. The lowest BCUT2D eigenvalue weighted by atomic mass is 10.0. The molecular weight excluding hydrogens is 482 g/mol. The van der Waals surface area contributed by atoms with Gasteiger partial charge in [-0.1, -0.05) is 19.1 Å². The zero-order valence-electron chi connectivity index (χ0n) is 21.4. The van der Waals surface area contributed by atoms with Gasteiger partial charge in [0, 0.05) is 41.4 Å². The number of rotatable bonds is 6. The Balaban J connectivity index is 1.33. The summed E-state index contributed by atoms with van der Waals surface area (Å²) < 4.78 is 11.9. The minimum absolute atomic E-state index is 0.233. The third kappa shape index (κ3) is 5.69. The largest absolute Gasteiger partial charge is 0.356 e. The van der Waals surface area contributed by atoms with Crippen molar-refractivity contribution in [1.82, 2.24) is 20.3 Å². The van der Waals surface area contributed by atoms with E-state index in [1.54, 1.807) is 24.6 Å². The SMILES string of the molecule is Cc1ccc(C(=O)NCc2cc3nc(-c4cccc(N5CCCC(C)C5)n4)ccc3cn2)cc1S(C)=O. The van der Waals surface area contributed by atoms with E-state index in [1.807, 2.05) is 43.3 Å². The number of nitrogens with zero attached hydrogens (tertiary/aromatic N) is 4. The Kier molecular flexibility index (Phi) is 7.28. The van der Waals surface area contributed by atoms with Gasteiger partial charge in [-0.3, -0.25) is 14.0 Å². The van der Waals surface area contributed by atoms with E-state index >= 15 is 0 Å². The van der Waals surface area contributed by atoms with Crippen LogP contribution in [0.4, 0.5) is 5.82 Å². The number of piperidine rings is 1. The Hall–Kier alpha value is -3.65. The molecule has 0 saturated carbocycles. The summed E-state index contributed by atoms with van der Waals surface area (Å²) in [6, 6.07) is 17.2. The number of anilines is 1. The van der Waals surface area contributed by atoms with Crippen LogP contribution in [0.25, 0.3) is 22.3 Å². The molecule has 1 amide bonds. The van der Waals surface area contributed by atoms with Crippen molar-refractivity contribution in [3.8, 4) is 11.4 Å². The lowest BCUT2D eigenvalue weighted by Gasteiger charge is -2.32. The molecule has 1 N–H and O–H groups in total. The van der Waals surface area contributed by atoms with Crippen LogP contribution in [-0.2, 0) is 17.3 Å². The topological polar surface area (TPSA) is 88.1 Å². The van der Waals surface area contributed by atoms with Gasteiger partial charge < -0.3 is 10.2 Å². The number of aryl methyl sites for hydroxylation is 1. The first-order valence-corrected chi connectivity index (χ1v) is 14.1. The fourth-order valence-corrected chi connectivity index (χ4v) is 5.58. The van der Waals surface area contributed by atoms with Gasteiger partial charge in [-0.15, -0.1) is 0 Å². The predicted octanol–water partition coefficient (Wildman–Crippen LogP) is 4.90. The maximum absolute atomic E-state index is 12.7. The standard InChI is InChI=1S/C29H31N5O2S/c1-19-6-5-13-34(18-19)28-8-4-7-24(33-28)25-12-11-22-16-30-23(15-26(22)32-25)17-31-29(35)21-10-9-20(2)27(14-21)37(3)36/h4,7-12,14-16,19H,5-6,13,17-18H2,1-3H3,(H,31,35). The number of hydrogen-bond acceptors (Lipinski definition) is 6. The highest BCUT2D eigenvalue weighted by molar-refractivity contribution is 7.84. The molecule has 1 saturated heterocycles. The van der Waals surface area contributed by atoms with E-state index in [0.29, 0.717) is 22.1 Å². The van der Waals surface area contributed by atoms with E-state index in [-0.39, 0.29) is 12.5 Å². The van der Waals surface area contributed by atoms with Gasteiger partial charge in [0.25, 0.3) is 5.91 Å². The minimum atomic E-state index is -1.15. The van der Waals surface area contributed by atoms with Gasteiger partial charge in [0.2, 0.25) is 0 Å². The van der Waals surface area contributed by atoms with Gasteiger partial charge in [-0.25, -0.2) is 9.97 Å². The van der Waals surface area contributed by atoms with Crippen LogP contribution >= 0.6 is 0 Å². The smallest absolute Gasteiger partial charge is 0.251 e. The number of carbonyl (C=O) groups is 1. The van der Waals surface area contributed by atoms with E-state index in [0.717, 1.165) is 46.8 Å². The summed E-state index contributed by atoms with van der Waals surface area (Å²) >= 11 is 0. The molecule has 1 aliphatic rings. The number of pyridine rings is 3. The molecule has 0 aliphatic carbocycles. The van der Waals surface area contributed by atoms with Gasteiger partial charge in [0.05, 0.1) is 39.9 Å². The minimum Gasteiger partial charge on any atom is -0.356 e. The molecular formula is C29H31N5O2S. The molecule has 1 aliphatic heterocycles. The van der Waals surface area contributed by atoms with Crippen molar-refractivity contribution >= 4 is 33.4 Å². The van der Waals surface area contributed by atoms with Crippen molar-refractivity contribution in [2.24, 2.45) is 5.92 Å². The zero-order valence-corrected chi connectivity index (χ0v) is 22.2. The molecule has 0 radical (unpaired) electrons. The highest BCUT2D eigenvalue weighted by Crippen LogP contribution is 2.25. The van der Waals surface area contributed by atoms with E-state index in [9.17, 15) is 9.00 Å². The van der Waals surface area contributed by atoms with Crippen LogP contribution in [0.2, 0.25) is 0 Å². The lowest BCUT2D eigenvalue weighted by Crippen LogP contribution is -2.34. The van der Waals surface area contributed by atoms with Gasteiger partial charge >= 0.3 is 0 Å².